The Kier molecular flexibility index (Phi) is 5.49. The number of aromatic nitrogens is 4. The number of aromatic hydroxyl groups is 1. The molecule has 30 heavy (non-hydrogen) atoms. The summed E-state index contributed by atoms with van der Waals surface area (Å²) in [4.78, 5) is 36.5. The molecular formula is C19H21N5O5S. The SMILES string of the molecule is Cn1c(O)c(C(=O)Nc2ccc(Oc3nnc(C(C)(C)C)s3)cc2)c(=O)n(C)c1=O. The summed E-state index contributed by atoms with van der Waals surface area (Å²) in [7, 11) is 2.49. The average Bonchev–Trinajstić information content (AvgIpc) is 3.15. The van der Waals surface area contributed by atoms with E-state index in [4.69, 9.17) is 4.74 Å². The molecule has 0 saturated heterocycles. The van der Waals surface area contributed by atoms with Crippen LogP contribution in [0, 0.1) is 0 Å². The third-order valence-corrected chi connectivity index (χ3v) is 5.45. The van der Waals surface area contributed by atoms with Crippen LogP contribution in [0.25, 0.3) is 0 Å². The topological polar surface area (TPSA) is 128 Å². The van der Waals surface area contributed by atoms with Gasteiger partial charge in [-0.15, -0.1) is 5.10 Å². The Bertz CT molecular complexity index is 1220. The fourth-order valence-corrected chi connectivity index (χ4v) is 3.26. The van der Waals surface area contributed by atoms with Gasteiger partial charge in [0, 0.05) is 25.2 Å². The number of amides is 1. The lowest BCUT2D eigenvalue weighted by molar-refractivity contribution is 0.102. The molecule has 1 amide bonds. The molecule has 11 heteroatoms. The maximum atomic E-state index is 12.5. The Morgan fingerprint density at radius 3 is 2.30 bits per heavy atom. The molecule has 0 atom stereocenters. The highest BCUT2D eigenvalue weighted by molar-refractivity contribution is 7.13. The largest absolute Gasteiger partial charge is 0.494 e. The summed E-state index contributed by atoms with van der Waals surface area (Å²) in [5.41, 5.74) is -1.91. The van der Waals surface area contributed by atoms with Gasteiger partial charge in [0.1, 0.15) is 10.8 Å². The highest BCUT2D eigenvalue weighted by atomic mass is 32.1. The lowest BCUT2D eigenvalue weighted by Gasteiger charge is -2.12. The Hall–Kier alpha value is -3.47. The van der Waals surface area contributed by atoms with E-state index in [0.29, 0.717) is 16.6 Å². The first-order valence-corrected chi connectivity index (χ1v) is 9.73. The zero-order valence-corrected chi connectivity index (χ0v) is 17.9. The summed E-state index contributed by atoms with van der Waals surface area (Å²) in [5.74, 6) is -1.05. The summed E-state index contributed by atoms with van der Waals surface area (Å²) in [6.45, 7) is 6.10. The minimum absolute atomic E-state index is 0.128. The smallest absolute Gasteiger partial charge is 0.333 e. The molecule has 2 N–H and O–H groups in total. The van der Waals surface area contributed by atoms with Crippen LogP contribution in [-0.4, -0.2) is 30.3 Å². The molecular weight excluding hydrogens is 410 g/mol. The number of ether oxygens (including phenoxy) is 1. The van der Waals surface area contributed by atoms with E-state index in [0.717, 1.165) is 14.1 Å². The molecule has 158 valence electrons. The highest BCUT2D eigenvalue weighted by Gasteiger charge is 2.22. The van der Waals surface area contributed by atoms with Gasteiger partial charge in [0.2, 0.25) is 5.88 Å². The Balaban J connectivity index is 1.77. The van der Waals surface area contributed by atoms with Crippen LogP contribution in [0.4, 0.5) is 5.69 Å². The second kappa shape index (κ2) is 7.75. The molecule has 3 aromatic rings. The zero-order valence-electron chi connectivity index (χ0n) is 17.1. The van der Waals surface area contributed by atoms with E-state index in [9.17, 15) is 19.5 Å². The van der Waals surface area contributed by atoms with Crippen molar-refractivity contribution in [1.82, 2.24) is 19.3 Å². The van der Waals surface area contributed by atoms with Gasteiger partial charge in [-0.2, -0.15) is 0 Å². The fourth-order valence-electron chi connectivity index (χ4n) is 2.49. The molecule has 10 nitrogen and oxygen atoms in total. The van der Waals surface area contributed by atoms with Crippen molar-refractivity contribution in [2.45, 2.75) is 26.2 Å². The second-order valence-corrected chi connectivity index (χ2v) is 8.55. The molecule has 2 aromatic heterocycles. The molecule has 0 unspecified atom stereocenters. The Morgan fingerprint density at radius 2 is 1.73 bits per heavy atom. The number of hydrogen-bond acceptors (Lipinski definition) is 8. The van der Waals surface area contributed by atoms with Gasteiger partial charge in [-0.1, -0.05) is 37.2 Å². The first kappa shape index (κ1) is 21.2. The van der Waals surface area contributed by atoms with E-state index in [1.807, 2.05) is 20.8 Å². The molecule has 0 radical (unpaired) electrons. The standard InChI is InChI=1S/C19H21N5O5S/c1-19(2,3)16-21-22-17(30-16)29-11-8-6-10(7-9-11)20-13(25)12-14(26)23(4)18(28)24(5)15(12)27/h6-9,26H,1-5H3,(H,20,25). The van der Waals surface area contributed by atoms with Crippen LogP contribution >= 0.6 is 11.3 Å². The third-order valence-electron chi connectivity index (χ3n) is 4.23. The van der Waals surface area contributed by atoms with E-state index in [2.05, 4.69) is 15.5 Å². The van der Waals surface area contributed by atoms with E-state index in [-0.39, 0.29) is 5.41 Å². The van der Waals surface area contributed by atoms with Gasteiger partial charge in [0.15, 0.2) is 5.56 Å². The average molecular weight is 431 g/mol. The number of hydrogen-bond donors (Lipinski definition) is 2. The molecule has 0 bridgehead atoms. The monoisotopic (exact) mass is 431 g/mol. The Morgan fingerprint density at radius 1 is 1.10 bits per heavy atom. The third kappa shape index (κ3) is 4.10. The van der Waals surface area contributed by atoms with Crippen LogP contribution in [0.5, 0.6) is 16.8 Å². The molecule has 0 spiro atoms. The second-order valence-electron chi connectivity index (χ2n) is 7.61. The predicted octanol–water partition coefficient (Wildman–Crippen LogP) is 1.98. The van der Waals surface area contributed by atoms with Crippen molar-refractivity contribution in [1.29, 1.82) is 0 Å². The maximum Gasteiger partial charge on any atom is 0.333 e. The molecule has 0 fully saturated rings. The van der Waals surface area contributed by atoms with Crippen molar-refractivity contribution >= 4 is 22.9 Å². The van der Waals surface area contributed by atoms with E-state index < -0.39 is 28.6 Å². The molecule has 0 aliphatic rings. The lowest BCUT2D eigenvalue weighted by Crippen LogP contribution is -2.40. The van der Waals surface area contributed by atoms with Crippen molar-refractivity contribution < 1.29 is 14.6 Å². The van der Waals surface area contributed by atoms with Crippen molar-refractivity contribution in [2.75, 3.05) is 5.32 Å². The van der Waals surface area contributed by atoms with Crippen molar-refractivity contribution in [3.8, 4) is 16.8 Å². The number of nitrogens with one attached hydrogen (secondary N) is 1. The van der Waals surface area contributed by atoms with Gasteiger partial charge in [0.25, 0.3) is 16.7 Å². The van der Waals surface area contributed by atoms with Gasteiger partial charge in [-0.3, -0.25) is 18.7 Å². The van der Waals surface area contributed by atoms with Gasteiger partial charge >= 0.3 is 5.69 Å². The normalized spacial score (nSPS) is 11.4. The number of anilines is 1. The summed E-state index contributed by atoms with van der Waals surface area (Å²) in [6, 6.07) is 6.38. The number of carbonyl (C=O) groups is 1. The molecule has 1 aromatic carbocycles. The van der Waals surface area contributed by atoms with Gasteiger partial charge < -0.3 is 15.2 Å². The summed E-state index contributed by atoms with van der Waals surface area (Å²) in [5, 5.41) is 22.0. The first-order chi connectivity index (χ1) is 14.0. The van der Waals surface area contributed by atoms with Crippen LogP contribution in [0.3, 0.4) is 0 Å². The quantitative estimate of drug-likeness (QED) is 0.646. The fraction of sp³-hybridized carbons (Fsp3) is 0.316. The summed E-state index contributed by atoms with van der Waals surface area (Å²) in [6.07, 6.45) is 0. The molecule has 0 saturated carbocycles. The number of carbonyl (C=O) groups excluding carboxylic acids is 1. The zero-order chi connectivity index (χ0) is 22.2. The van der Waals surface area contributed by atoms with Gasteiger partial charge in [-0.05, 0) is 24.3 Å². The van der Waals surface area contributed by atoms with Crippen molar-refractivity contribution in [3.63, 3.8) is 0 Å². The van der Waals surface area contributed by atoms with E-state index in [1.54, 1.807) is 24.3 Å². The summed E-state index contributed by atoms with van der Waals surface area (Å²) >= 11 is 1.35. The first-order valence-electron chi connectivity index (χ1n) is 8.91. The Labute approximate surface area is 175 Å². The minimum Gasteiger partial charge on any atom is -0.494 e. The van der Waals surface area contributed by atoms with Crippen LogP contribution in [0.1, 0.15) is 36.1 Å². The molecule has 0 aliphatic heterocycles. The minimum atomic E-state index is -0.890. The number of rotatable bonds is 4. The van der Waals surface area contributed by atoms with Crippen molar-refractivity contribution in [3.05, 3.63) is 55.7 Å². The predicted molar refractivity (Wildman–Crippen MR) is 112 cm³/mol. The van der Waals surface area contributed by atoms with Crippen LogP contribution in [-0.2, 0) is 19.5 Å². The molecule has 3 rings (SSSR count). The van der Waals surface area contributed by atoms with E-state index in [1.165, 1.54) is 25.4 Å². The van der Waals surface area contributed by atoms with Crippen LogP contribution in [0.2, 0.25) is 0 Å². The van der Waals surface area contributed by atoms with Crippen LogP contribution in [0.15, 0.2) is 33.9 Å². The van der Waals surface area contributed by atoms with Gasteiger partial charge in [-0.25, -0.2) is 4.79 Å². The molecule has 2 heterocycles. The lowest BCUT2D eigenvalue weighted by atomic mass is 9.98. The van der Waals surface area contributed by atoms with Gasteiger partial charge in [0.05, 0.1) is 0 Å². The highest BCUT2D eigenvalue weighted by Crippen LogP contribution is 2.32. The summed E-state index contributed by atoms with van der Waals surface area (Å²) < 4.78 is 7.25. The number of nitrogens with zero attached hydrogens (tertiary/aromatic N) is 4. The van der Waals surface area contributed by atoms with Crippen molar-refractivity contribution in [2.24, 2.45) is 14.1 Å². The van der Waals surface area contributed by atoms with E-state index >= 15 is 0 Å². The number of benzene rings is 1. The van der Waals surface area contributed by atoms with Crippen LogP contribution < -0.4 is 21.3 Å². The maximum absolute atomic E-state index is 12.5. The molecule has 0 aliphatic carbocycles.